The van der Waals surface area contributed by atoms with Crippen molar-refractivity contribution in [3.05, 3.63) is 47.8 Å². The van der Waals surface area contributed by atoms with Crippen molar-refractivity contribution >= 4 is 11.6 Å². The molecule has 128 valence electrons. The average molecular weight is 341 g/mol. The van der Waals surface area contributed by atoms with Crippen LogP contribution in [-0.2, 0) is 0 Å². The van der Waals surface area contributed by atoms with E-state index in [4.69, 9.17) is 0 Å². The summed E-state index contributed by atoms with van der Waals surface area (Å²) in [6, 6.07) is 5.59. The molecule has 24 heavy (non-hydrogen) atoms. The summed E-state index contributed by atoms with van der Waals surface area (Å²) in [7, 11) is 0. The standard InChI is InChI=1S/C16H15F4N3O/c17-11-5-12(18)15(20)13(14(11)19)8-1-3-10(4-2-8)23-16(24)9-6-21-22-7-9/h1-4,6-7,11-15H,5H2,(H,21,22)(H,23,24)/t11-,12+,13?,14-,15+. The number of halogens is 4. The summed E-state index contributed by atoms with van der Waals surface area (Å²) in [5.41, 5.74) is 0.862. The highest BCUT2D eigenvalue weighted by atomic mass is 19.2. The highest BCUT2D eigenvalue weighted by Gasteiger charge is 2.47. The molecule has 8 heteroatoms. The third-order valence-electron chi connectivity index (χ3n) is 4.14. The van der Waals surface area contributed by atoms with Crippen molar-refractivity contribution in [2.75, 3.05) is 5.32 Å². The van der Waals surface area contributed by atoms with Crippen LogP contribution in [0.4, 0.5) is 23.2 Å². The Hall–Kier alpha value is -2.38. The van der Waals surface area contributed by atoms with Crippen LogP contribution in [0.3, 0.4) is 0 Å². The van der Waals surface area contributed by atoms with E-state index < -0.39 is 42.9 Å². The number of hydrogen-bond acceptors (Lipinski definition) is 2. The molecular weight excluding hydrogens is 326 g/mol. The lowest BCUT2D eigenvalue weighted by Gasteiger charge is -2.34. The summed E-state index contributed by atoms with van der Waals surface area (Å²) in [5, 5.41) is 8.73. The minimum Gasteiger partial charge on any atom is -0.322 e. The molecule has 0 bridgehead atoms. The molecule has 2 N–H and O–H groups in total. The third-order valence-corrected chi connectivity index (χ3v) is 4.14. The minimum atomic E-state index is -2.10. The van der Waals surface area contributed by atoms with Gasteiger partial charge in [-0.25, -0.2) is 17.6 Å². The predicted molar refractivity (Wildman–Crippen MR) is 79.9 cm³/mol. The van der Waals surface area contributed by atoms with E-state index in [0.29, 0.717) is 11.3 Å². The van der Waals surface area contributed by atoms with Crippen LogP contribution in [0.5, 0.6) is 0 Å². The van der Waals surface area contributed by atoms with Crippen LogP contribution in [0.2, 0.25) is 0 Å². The van der Waals surface area contributed by atoms with Gasteiger partial charge in [0.2, 0.25) is 0 Å². The molecule has 1 aliphatic carbocycles. The van der Waals surface area contributed by atoms with Gasteiger partial charge in [0.15, 0.2) is 0 Å². The first-order chi connectivity index (χ1) is 11.5. The predicted octanol–water partition coefficient (Wildman–Crippen LogP) is 3.50. The maximum atomic E-state index is 14.0. The van der Waals surface area contributed by atoms with Crippen LogP contribution in [0.15, 0.2) is 36.7 Å². The van der Waals surface area contributed by atoms with E-state index in [2.05, 4.69) is 15.5 Å². The van der Waals surface area contributed by atoms with Gasteiger partial charge >= 0.3 is 0 Å². The number of aromatic amines is 1. The molecule has 4 nitrogen and oxygen atoms in total. The van der Waals surface area contributed by atoms with Gasteiger partial charge in [-0.2, -0.15) is 5.10 Å². The molecule has 0 radical (unpaired) electrons. The van der Waals surface area contributed by atoms with E-state index in [1.807, 2.05) is 0 Å². The van der Waals surface area contributed by atoms with Crippen LogP contribution in [0.1, 0.15) is 28.3 Å². The Morgan fingerprint density at radius 2 is 1.71 bits per heavy atom. The van der Waals surface area contributed by atoms with Crippen LogP contribution >= 0.6 is 0 Å². The highest BCUT2D eigenvalue weighted by Crippen LogP contribution is 2.40. The number of carbonyl (C=O) groups excluding carboxylic acids is 1. The fourth-order valence-corrected chi connectivity index (χ4v) is 2.84. The van der Waals surface area contributed by atoms with E-state index in [9.17, 15) is 22.4 Å². The van der Waals surface area contributed by atoms with Crippen LogP contribution in [0.25, 0.3) is 0 Å². The fourth-order valence-electron chi connectivity index (χ4n) is 2.84. The molecule has 0 spiro atoms. The molecule has 1 unspecified atom stereocenters. The lowest BCUT2D eigenvalue weighted by Crippen LogP contribution is -2.43. The summed E-state index contributed by atoms with van der Waals surface area (Å²) >= 11 is 0. The zero-order chi connectivity index (χ0) is 17.3. The van der Waals surface area contributed by atoms with Gasteiger partial charge in [-0.3, -0.25) is 9.89 Å². The zero-order valence-corrected chi connectivity index (χ0v) is 12.4. The Bertz CT molecular complexity index is 678. The number of aromatic nitrogens is 2. The van der Waals surface area contributed by atoms with E-state index >= 15 is 0 Å². The Kier molecular flexibility index (Phi) is 4.55. The van der Waals surface area contributed by atoms with Crippen molar-refractivity contribution < 1.29 is 22.4 Å². The molecule has 1 aromatic carbocycles. The number of carbonyl (C=O) groups is 1. The first-order valence-electron chi connectivity index (χ1n) is 7.43. The topological polar surface area (TPSA) is 57.8 Å². The van der Waals surface area contributed by atoms with Crippen LogP contribution in [0, 0.1) is 0 Å². The smallest absolute Gasteiger partial charge is 0.258 e. The highest BCUT2D eigenvalue weighted by molar-refractivity contribution is 6.03. The molecule has 0 saturated heterocycles. The first kappa shape index (κ1) is 16.5. The molecule has 1 aliphatic rings. The Morgan fingerprint density at radius 1 is 1.08 bits per heavy atom. The van der Waals surface area contributed by atoms with Gasteiger partial charge in [-0.05, 0) is 17.7 Å². The number of rotatable bonds is 3. The quantitative estimate of drug-likeness (QED) is 0.840. The summed E-state index contributed by atoms with van der Waals surface area (Å²) in [6.45, 7) is 0. The van der Waals surface area contributed by atoms with E-state index in [1.54, 1.807) is 0 Å². The van der Waals surface area contributed by atoms with Gasteiger partial charge < -0.3 is 5.32 Å². The molecule has 5 atom stereocenters. The number of nitrogens with zero attached hydrogens (tertiary/aromatic N) is 1. The molecule has 1 heterocycles. The Labute approximate surface area is 135 Å². The van der Waals surface area contributed by atoms with E-state index in [-0.39, 0.29) is 5.56 Å². The van der Waals surface area contributed by atoms with Gasteiger partial charge in [-0.1, -0.05) is 12.1 Å². The summed E-state index contributed by atoms with van der Waals surface area (Å²) in [5.74, 6) is -1.91. The maximum absolute atomic E-state index is 14.0. The third kappa shape index (κ3) is 3.13. The van der Waals surface area contributed by atoms with Crippen LogP contribution < -0.4 is 5.32 Å². The van der Waals surface area contributed by atoms with E-state index in [0.717, 1.165) is 0 Å². The number of benzene rings is 1. The number of nitrogens with one attached hydrogen (secondary N) is 2. The monoisotopic (exact) mass is 341 g/mol. The normalized spacial score (nSPS) is 30.1. The van der Waals surface area contributed by atoms with Crippen molar-refractivity contribution in [2.24, 2.45) is 0 Å². The van der Waals surface area contributed by atoms with Crippen molar-refractivity contribution in [1.82, 2.24) is 10.2 Å². The molecular formula is C16H15F4N3O. The SMILES string of the molecule is O=C(Nc1ccc(C2[C@@H](F)[C@@H](F)C[C@@H](F)[C@H]2F)cc1)c1cn[nH]c1. The second-order valence-electron chi connectivity index (χ2n) is 5.75. The van der Waals surface area contributed by atoms with Gasteiger partial charge in [-0.15, -0.1) is 0 Å². The van der Waals surface area contributed by atoms with Crippen molar-refractivity contribution in [2.45, 2.75) is 37.0 Å². The molecule has 1 amide bonds. The number of alkyl halides is 4. The maximum Gasteiger partial charge on any atom is 0.258 e. The number of H-pyrrole nitrogens is 1. The number of hydrogen-bond donors (Lipinski definition) is 2. The van der Waals surface area contributed by atoms with Crippen molar-refractivity contribution in [3.63, 3.8) is 0 Å². The van der Waals surface area contributed by atoms with Crippen LogP contribution in [-0.4, -0.2) is 40.8 Å². The number of anilines is 1. The molecule has 2 aromatic rings. The van der Waals surface area contributed by atoms with E-state index in [1.165, 1.54) is 36.7 Å². The number of amides is 1. The second-order valence-corrected chi connectivity index (χ2v) is 5.75. The van der Waals surface area contributed by atoms with Gasteiger partial charge in [0, 0.05) is 18.3 Å². The molecule has 3 rings (SSSR count). The average Bonchev–Trinajstić information content (AvgIpc) is 3.09. The molecule has 1 saturated carbocycles. The summed E-state index contributed by atoms with van der Waals surface area (Å²) < 4.78 is 55.0. The van der Waals surface area contributed by atoms with Gasteiger partial charge in [0.1, 0.15) is 24.7 Å². The lowest BCUT2D eigenvalue weighted by molar-refractivity contribution is -0.00570. The minimum absolute atomic E-state index is 0.154. The largest absolute Gasteiger partial charge is 0.322 e. The van der Waals surface area contributed by atoms with Crippen molar-refractivity contribution in [3.8, 4) is 0 Å². The molecule has 1 fully saturated rings. The lowest BCUT2D eigenvalue weighted by atomic mass is 9.79. The molecule has 1 aromatic heterocycles. The fraction of sp³-hybridized carbons (Fsp3) is 0.375. The van der Waals surface area contributed by atoms with Gasteiger partial charge in [0.05, 0.1) is 17.7 Å². The Morgan fingerprint density at radius 3 is 2.25 bits per heavy atom. The first-order valence-corrected chi connectivity index (χ1v) is 7.43. The summed E-state index contributed by atoms with van der Waals surface area (Å²) in [4.78, 5) is 11.9. The Balaban J connectivity index is 1.75. The molecule has 0 aliphatic heterocycles. The van der Waals surface area contributed by atoms with Gasteiger partial charge in [0.25, 0.3) is 5.91 Å². The van der Waals surface area contributed by atoms with Crippen molar-refractivity contribution in [1.29, 1.82) is 0 Å². The second kappa shape index (κ2) is 6.62. The zero-order valence-electron chi connectivity index (χ0n) is 12.4. The summed E-state index contributed by atoms with van der Waals surface area (Å²) in [6.07, 6.45) is -6.27.